The lowest BCUT2D eigenvalue weighted by molar-refractivity contribution is -0.144. The van der Waals surface area contributed by atoms with Crippen LogP contribution in [0, 0.1) is 5.41 Å². The van der Waals surface area contributed by atoms with E-state index in [2.05, 4.69) is 14.8 Å². The first-order valence-corrected chi connectivity index (χ1v) is 3.55. The van der Waals surface area contributed by atoms with Crippen molar-refractivity contribution in [3.05, 3.63) is 10.4 Å². The second-order valence-electron chi connectivity index (χ2n) is 3.50. The summed E-state index contributed by atoms with van der Waals surface area (Å²) >= 11 is 0. The first-order chi connectivity index (χ1) is 5.43. The van der Waals surface area contributed by atoms with Gasteiger partial charge in [-0.3, -0.25) is 4.79 Å². The second kappa shape index (κ2) is 3.97. The monoisotopic (exact) mass is 171 g/mol. The molecule has 0 heterocycles. The maximum atomic E-state index is 11.1. The molecule has 0 N–H and O–H groups in total. The Balaban J connectivity index is 4.67. The smallest absolute Gasteiger partial charge is 0.315 e. The zero-order valence-corrected chi connectivity index (χ0v) is 7.74. The summed E-state index contributed by atoms with van der Waals surface area (Å²) in [6.45, 7) is 5.43. The third kappa shape index (κ3) is 2.80. The lowest BCUT2D eigenvalue weighted by Crippen LogP contribution is -2.33. The number of esters is 1. The highest BCUT2D eigenvalue weighted by atomic mass is 16.5. The third-order valence-corrected chi connectivity index (χ3v) is 1.41. The number of azide groups is 1. The molecule has 0 rings (SSSR count). The topological polar surface area (TPSA) is 75.1 Å². The normalized spacial score (nSPS) is 13.0. The minimum Gasteiger partial charge on any atom is -0.469 e. The Hall–Kier alpha value is -1.22. The van der Waals surface area contributed by atoms with Crippen LogP contribution < -0.4 is 0 Å². The van der Waals surface area contributed by atoms with E-state index >= 15 is 0 Å². The molecule has 0 amide bonds. The van der Waals surface area contributed by atoms with Crippen LogP contribution in [-0.4, -0.2) is 19.1 Å². The fourth-order valence-electron chi connectivity index (χ4n) is 0.737. The number of carbonyl (C=O) groups excluding carboxylic acids is 1. The molecular weight excluding hydrogens is 158 g/mol. The number of hydrogen-bond acceptors (Lipinski definition) is 3. The van der Waals surface area contributed by atoms with Crippen LogP contribution >= 0.6 is 0 Å². The average Bonchev–Trinajstić information content (AvgIpc) is 1.96. The SMILES string of the molecule is COC(=O)[C@@H](N=[N+]=[N-])C(C)(C)C. The number of methoxy groups -OCH3 is 1. The molecule has 0 spiro atoms. The molecule has 0 aromatic rings. The predicted molar refractivity (Wildman–Crippen MR) is 44.4 cm³/mol. The molecule has 0 aliphatic heterocycles. The molecule has 0 radical (unpaired) electrons. The summed E-state index contributed by atoms with van der Waals surface area (Å²) < 4.78 is 4.49. The Morgan fingerprint density at radius 2 is 2.08 bits per heavy atom. The fourth-order valence-corrected chi connectivity index (χ4v) is 0.737. The molecule has 0 fully saturated rings. The highest BCUT2D eigenvalue weighted by molar-refractivity contribution is 5.76. The molecule has 12 heavy (non-hydrogen) atoms. The van der Waals surface area contributed by atoms with Crippen LogP contribution in [0.15, 0.2) is 5.11 Å². The van der Waals surface area contributed by atoms with E-state index in [1.165, 1.54) is 7.11 Å². The molecule has 0 saturated heterocycles. The molecular formula is C7H13N3O2. The largest absolute Gasteiger partial charge is 0.469 e. The van der Waals surface area contributed by atoms with Gasteiger partial charge in [0.15, 0.2) is 0 Å². The number of carbonyl (C=O) groups is 1. The van der Waals surface area contributed by atoms with Crippen molar-refractivity contribution in [3.63, 3.8) is 0 Å². The van der Waals surface area contributed by atoms with Crippen molar-refractivity contribution in [1.82, 2.24) is 0 Å². The predicted octanol–water partition coefficient (Wildman–Crippen LogP) is 1.88. The molecule has 0 aliphatic carbocycles. The Morgan fingerprint density at radius 3 is 2.33 bits per heavy atom. The molecule has 0 aliphatic rings. The van der Waals surface area contributed by atoms with Crippen LogP contribution in [0.2, 0.25) is 0 Å². The van der Waals surface area contributed by atoms with Gasteiger partial charge in [0, 0.05) is 4.91 Å². The van der Waals surface area contributed by atoms with Gasteiger partial charge in [-0.1, -0.05) is 25.9 Å². The highest BCUT2D eigenvalue weighted by Crippen LogP contribution is 2.23. The van der Waals surface area contributed by atoms with Crippen LogP contribution in [0.1, 0.15) is 20.8 Å². The summed E-state index contributed by atoms with van der Waals surface area (Å²) in [5.41, 5.74) is 7.79. The van der Waals surface area contributed by atoms with E-state index in [-0.39, 0.29) is 0 Å². The van der Waals surface area contributed by atoms with E-state index < -0.39 is 17.4 Å². The maximum absolute atomic E-state index is 11.1. The van der Waals surface area contributed by atoms with Gasteiger partial charge in [0.05, 0.1) is 7.11 Å². The van der Waals surface area contributed by atoms with E-state index in [4.69, 9.17) is 5.53 Å². The number of ether oxygens (including phenoxy) is 1. The van der Waals surface area contributed by atoms with Gasteiger partial charge in [0.25, 0.3) is 0 Å². The van der Waals surface area contributed by atoms with Crippen molar-refractivity contribution >= 4 is 5.97 Å². The summed E-state index contributed by atoms with van der Waals surface area (Å²) in [5.74, 6) is -0.500. The van der Waals surface area contributed by atoms with Gasteiger partial charge in [-0.15, -0.1) is 0 Å². The Morgan fingerprint density at radius 1 is 1.58 bits per heavy atom. The molecule has 5 heteroatoms. The number of hydrogen-bond donors (Lipinski definition) is 0. The van der Waals surface area contributed by atoms with Gasteiger partial charge < -0.3 is 4.74 Å². The Labute approximate surface area is 71.3 Å². The number of nitrogens with zero attached hydrogens (tertiary/aromatic N) is 3. The van der Waals surface area contributed by atoms with Crippen LogP contribution in [-0.2, 0) is 9.53 Å². The summed E-state index contributed by atoms with van der Waals surface area (Å²) in [7, 11) is 1.27. The third-order valence-electron chi connectivity index (χ3n) is 1.41. The minimum absolute atomic E-state index is 0.403. The van der Waals surface area contributed by atoms with Gasteiger partial charge >= 0.3 is 5.97 Å². The lowest BCUT2D eigenvalue weighted by Gasteiger charge is -2.23. The maximum Gasteiger partial charge on any atom is 0.315 e. The van der Waals surface area contributed by atoms with Crippen LogP contribution in [0.4, 0.5) is 0 Å². The molecule has 0 bridgehead atoms. The fraction of sp³-hybridized carbons (Fsp3) is 0.857. The summed E-state index contributed by atoms with van der Waals surface area (Å²) in [5, 5.41) is 3.37. The summed E-state index contributed by atoms with van der Waals surface area (Å²) in [4.78, 5) is 13.7. The van der Waals surface area contributed by atoms with Gasteiger partial charge in [0.2, 0.25) is 0 Å². The van der Waals surface area contributed by atoms with Gasteiger partial charge in [0.1, 0.15) is 6.04 Å². The molecule has 1 atom stereocenters. The van der Waals surface area contributed by atoms with Crippen molar-refractivity contribution in [2.45, 2.75) is 26.8 Å². The first-order valence-electron chi connectivity index (χ1n) is 3.55. The Kier molecular flexibility index (Phi) is 3.57. The van der Waals surface area contributed by atoms with E-state index in [1.54, 1.807) is 0 Å². The van der Waals surface area contributed by atoms with E-state index in [9.17, 15) is 4.79 Å². The zero-order valence-electron chi connectivity index (χ0n) is 7.74. The summed E-state index contributed by atoms with van der Waals surface area (Å²) in [6, 6.07) is -0.757. The quantitative estimate of drug-likeness (QED) is 0.275. The molecule has 68 valence electrons. The van der Waals surface area contributed by atoms with E-state index in [0.29, 0.717) is 0 Å². The molecule has 0 aromatic carbocycles. The van der Waals surface area contributed by atoms with E-state index in [1.807, 2.05) is 20.8 Å². The van der Waals surface area contributed by atoms with Crippen molar-refractivity contribution < 1.29 is 9.53 Å². The average molecular weight is 171 g/mol. The van der Waals surface area contributed by atoms with Gasteiger partial charge in [-0.05, 0) is 10.9 Å². The second-order valence-corrected chi connectivity index (χ2v) is 3.50. The lowest BCUT2D eigenvalue weighted by atomic mass is 9.87. The van der Waals surface area contributed by atoms with Gasteiger partial charge in [-0.25, -0.2) is 0 Å². The number of rotatable bonds is 2. The van der Waals surface area contributed by atoms with Crippen molar-refractivity contribution in [2.24, 2.45) is 10.5 Å². The van der Waals surface area contributed by atoms with Crippen LogP contribution in [0.25, 0.3) is 10.4 Å². The molecule has 0 aromatic heterocycles. The summed E-state index contributed by atoms with van der Waals surface area (Å²) in [6.07, 6.45) is 0. The standard InChI is InChI=1S/C7H13N3O2/c1-7(2,3)5(9-10-8)6(11)12-4/h5H,1-4H3/t5-/m1/s1. The van der Waals surface area contributed by atoms with Gasteiger partial charge in [-0.2, -0.15) is 0 Å². The van der Waals surface area contributed by atoms with Crippen molar-refractivity contribution in [1.29, 1.82) is 0 Å². The minimum atomic E-state index is -0.757. The zero-order chi connectivity index (χ0) is 9.78. The molecule has 0 unspecified atom stereocenters. The molecule has 0 saturated carbocycles. The van der Waals surface area contributed by atoms with Crippen molar-refractivity contribution in [2.75, 3.05) is 7.11 Å². The van der Waals surface area contributed by atoms with Crippen LogP contribution in [0.5, 0.6) is 0 Å². The molecule has 5 nitrogen and oxygen atoms in total. The Bertz CT molecular complexity index is 213. The highest BCUT2D eigenvalue weighted by Gasteiger charge is 2.30. The van der Waals surface area contributed by atoms with E-state index in [0.717, 1.165) is 0 Å². The van der Waals surface area contributed by atoms with Crippen molar-refractivity contribution in [3.8, 4) is 0 Å². The van der Waals surface area contributed by atoms with Crippen LogP contribution in [0.3, 0.4) is 0 Å². The first kappa shape index (κ1) is 10.8.